The highest BCUT2D eigenvalue weighted by molar-refractivity contribution is 5.96. The number of nitro benzene ring substituents is 1. The van der Waals surface area contributed by atoms with Crippen molar-refractivity contribution in [1.29, 1.82) is 5.26 Å². The molecule has 2 amide bonds. The Morgan fingerprint density at radius 1 is 1.00 bits per heavy atom. The van der Waals surface area contributed by atoms with Crippen LogP contribution in [0.1, 0.15) is 52.0 Å². The largest absolute Gasteiger partial charge is 0.362 e. The molecule has 0 spiro atoms. The first-order valence-corrected chi connectivity index (χ1v) is 11.7. The van der Waals surface area contributed by atoms with Gasteiger partial charge >= 0.3 is 0 Å². The molecule has 3 N–H and O–H groups in total. The van der Waals surface area contributed by atoms with Gasteiger partial charge in [-0.05, 0) is 62.1 Å². The molecule has 2 aromatic rings. The van der Waals surface area contributed by atoms with E-state index in [0.29, 0.717) is 43.0 Å². The summed E-state index contributed by atoms with van der Waals surface area (Å²) in [5.41, 5.74) is 7.46. The topological polar surface area (TPSA) is 146 Å². The van der Waals surface area contributed by atoms with E-state index in [1.165, 1.54) is 6.07 Å². The Kier molecular flexibility index (Phi) is 7.27. The van der Waals surface area contributed by atoms with Crippen LogP contribution in [0.15, 0.2) is 42.5 Å². The molecule has 2 aliphatic rings. The summed E-state index contributed by atoms with van der Waals surface area (Å²) in [6.45, 7) is 1.66. The van der Waals surface area contributed by atoms with Crippen LogP contribution >= 0.6 is 0 Å². The lowest BCUT2D eigenvalue weighted by molar-refractivity contribution is -0.384. The van der Waals surface area contributed by atoms with E-state index in [1.807, 2.05) is 11.0 Å². The number of benzene rings is 2. The molecule has 35 heavy (non-hydrogen) atoms. The predicted molar refractivity (Wildman–Crippen MR) is 130 cm³/mol. The van der Waals surface area contributed by atoms with Crippen LogP contribution in [-0.2, 0) is 0 Å². The minimum absolute atomic E-state index is 0.0303. The fraction of sp³-hybridized carbons (Fsp3) is 0.400. The maximum absolute atomic E-state index is 12.8. The molecule has 10 heteroatoms. The Morgan fingerprint density at radius 2 is 1.63 bits per heavy atom. The van der Waals surface area contributed by atoms with Crippen LogP contribution in [0.3, 0.4) is 0 Å². The molecule has 4 rings (SSSR count). The van der Waals surface area contributed by atoms with Crippen molar-refractivity contribution in [2.75, 3.05) is 31.1 Å². The molecule has 1 aliphatic heterocycles. The van der Waals surface area contributed by atoms with Crippen molar-refractivity contribution in [1.82, 2.24) is 10.2 Å². The first-order chi connectivity index (χ1) is 16.9. The van der Waals surface area contributed by atoms with Gasteiger partial charge in [0.25, 0.3) is 17.5 Å². The van der Waals surface area contributed by atoms with Crippen molar-refractivity contribution in [2.24, 2.45) is 5.73 Å². The number of carbonyl (C=O) groups excluding carboxylic acids is 2. The molecule has 2 aromatic carbocycles. The van der Waals surface area contributed by atoms with Gasteiger partial charge in [0.2, 0.25) is 0 Å². The smallest absolute Gasteiger partial charge is 0.293 e. The third-order valence-electron chi connectivity index (χ3n) is 6.71. The molecule has 0 atom stereocenters. The molecule has 182 valence electrons. The van der Waals surface area contributed by atoms with Crippen LogP contribution in [-0.4, -0.2) is 59.9 Å². The predicted octanol–water partition coefficient (Wildman–Crippen LogP) is 2.43. The number of nitrogens with one attached hydrogen (secondary N) is 1. The van der Waals surface area contributed by atoms with Crippen molar-refractivity contribution in [2.45, 2.75) is 37.8 Å². The SMILES string of the molecule is N#Cc1ccc(C(=O)N2CCN(c3ccc(C(=O)NC4CCC(N)CC4)cc3[N+](=O)[O-])CC2)cc1. The van der Waals surface area contributed by atoms with E-state index in [0.717, 1.165) is 25.7 Å². The summed E-state index contributed by atoms with van der Waals surface area (Å²) in [6.07, 6.45) is 3.31. The summed E-state index contributed by atoms with van der Waals surface area (Å²) in [6, 6.07) is 13.2. The normalized spacial score (nSPS) is 20.1. The first kappa shape index (κ1) is 24.2. The molecule has 1 heterocycles. The van der Waals surface area contributed by atoms with Crippen molar-refractivity contribution in [3.05, 3.63) is 69.3 Å². The second kappa shape index (κ2) is 10.5. The Bertz CT molecular complexity index is 1140. The molecular formula is C25H28N6O4. The zero-order valence-electron chi connectivity index (χ0n) is 19.4. The Hall–Kier alpha value is -3.97. The van der Waals surface area contributed by atoms with Gasteiger partial charge in [-0.2, -0.15) is 5.26 Å². The quantitative estimate of drug-likeness (QED) is 0.498. The number of nitrogens with two attached hydrogens (primary N) is 1. The molecule has 10 nitrogen and oxygen atoms in total. The Morgan fingerprint density at radius 3 is 2.23 bits per heavy atom. The van der Waals surface area contributed by atoms with E-state index in [2.05, 4.69) is 5.32 Å². The van der Waals surface area contributed by atoms with Crippen molar-refractivity contribution in [3.8, 4) is 6.07 Å². The van der Waals surface area contributed by atoms with Gasteiger partial charge in [0.15, 0.2) is 0 Å². The van der Waals surface area contributed by atoms with Gasteiger partial charge in [-0.15, -0.1) is 0 Å². The molecule has 1 saturated heterocycles. The van der Waals surface area contributed by atoms with Crippen molar-refractivity contribution < 1.29 is 14.5 Å². The number of nitrogens with zero attached hydrogens (tertiary/aromatic N) is 4. The number of rotatable bonds is 5. The summed E-state index contributed by atoms with van der Waals surface area (Å²) in [4.78, 5) is 40.4. The van der Waals surface area contributed by atoms with Gasteiger partial charge in [-0.25, -0.2) is 0 Å². The summed E-state index contributed by atoms with van der Waals surface area (Å²) in [5.74, 6) is -0.461. The van der Waals surface area contributed by atoms with Crippen molar-refractivity contribution >= 4 is 23.2 Å². The number of carbonyl (C=O) groups is 2. The molecule has 0 bridgehead atoms. The van der Waals surface area contributed by atoms with E-state index >= 15 is 0 Å². The minimum Gasteiger partial charge on any atom is -0.362 e. The van der Waals surface area contributed by atoms with Crippen LogP contribution in [0, 0.1) is 21.4 Å². The average Bonchev–Trinajstić information content (AvgIpc) is 2.89. The number of nitriles is 1. The number of hydrogen-bond donors (Lipinski definition) is 2. The molecule has 0 aromatic heterocycles. The highest BCUT2D eigenvalue weighted by Crippen LogP contribution is 2.30. The lowest BCUT2D eigenvalue weighted by Gasteiger charge is -2.36. The fourth-order valence-electron chi connectivity index (χ4n) is 4.63. The zero-order valence-corrected chi connectivity index (χ0v) is 19.4. The van der Waals surface area contributed by atoms with Gasteiger partial charge in [0.05, 0.1) is 16.6 Å². The second-order valence-electron chi connectivity index (χ2n) is 9.01. The molecule has 0 unspecified atom stereocenters. The van der Waals surface area contributed by atoms with Crippen LogP contribution < -0.4 is 16.0 Å². The van der Waals surface area contributed by atoms with Gasteiger partial charge < -0.3 is 20.9 Å². The van der Waals surface area contributed by atoms with Crippen LogP contribution in [0.2, 0.25) is 0 Å². The number of piperazine rings is 1. The van der Waals surface area contributed by atoms with E-state index in [-0.39, 0.29) is 35.1 Å². The van der Waals surface area contributed by atoms with E-state index in [9.17, 15) is 19.7 Å². The number of amides is 2. The zero-order chi connectivity index (χ0) is 24.9. The maximum Gasteiger partial charge on any atom is 0.293 e. The standard InChI is InChI=1S/C25H28N6O4/c26-16-17-1-3-18(4-2-17)25(33)30-13-11-29(12-14-30)22-10-5-19(15-23(22)31(34)35)24(32)28-21-8-6-20(27)7-9-21/h1-5,10,15,20-21H,6-9,11-14,27H2,(H,28,32). The van der Waals surface area contributed by atoms with Crippen LogP contribution in [0.25, 0.3) is 0 Å². The van der Waals surface area contributed by atoms with E-state index < -0.39 is 4.92 Å². The molecule has 1 aliphatic carbocycles. The van der Waals surface area contributed by atoms with Crippen LogP contribution in [0.4, 0.5) is 11.4 Å². The highest BCUT2D eigenvalue weighted by atomic mass is 16.6. The van der Waals surface area contributed by atoms with Gasteiger partial charge in [-0.1, -0.05) is 0 Å². The Balaban J connectivity index is 1.41. The van der Waals surface area contributed by atoms with E-state index in [1.54, 1.807) is 41.3 Å². The monoisotopic (exact) mass is 476 g/mol. The van der Waals surface area contributed by atoms with Gasteiger partial charge in [0, 0.05) is 55.5 Å². The highest BCUT2D eigenvalue weighted by Gasteiger charge is 2.28. The fourth-order valence-corrected chi connectivity index (χ4v) is 4.63. The lowest BCUT2D eigenvalue weighted by atomic mass is 9.91. The van der Waals surface area contributed by atoms with Crippen molar-refractivity contribution in [3.63, 3.8) is 0 Å². The second-order valence-corrected chi connectivity index (χ2v) is 9.01. The molecule has 0 radical (unpaired) electrons. The van der Waals surface area contributed by atoms with Crippen LogP contribution in [0.5, 0.6) is 0 Å². The number of hydrogen-bond acceptors (Lipinski definition) is 7. The molecule has 2 fully saturated rings. The Labute approximate surface area is 203 Å². The first-order valence-electron chi connectivity index (χ1n) is 11.7. The average molecular weight is 477 g/mol. The summed E-state index contributed by atoms with van der Waals surface area (Å²) in [7, 11) is 0. The van der Waals surface area contributed by atoms with Gasteiger partial charge in [-0.3, -0.25) is 19.7 Å². The van der Waals surface area contributed by atoms with Gasteiger partial charge in [0.1, 0.15) is 5.69 Å². The molecular weight excluding hydrogens is 448 g/mol. The number of anilines is 1. The molecule has 1 saturated carbocycles. The minimum atomic E-state index is -0.472. The lowest BCUT2D eigenvalue weighted by Crippen LogP contribution is -2.49. The third kappa shape index (κ3) is 5.58. The number of nitro groups is 1. The summed E-state index contributed by atoms with van der Waals surface area (Å²) >= 11 is 0. The summed E-state index contributed by atoms with van der Waals surface area (Å²) < 4.78 is 0. The van der Waals surface area contributed by atoms with E-state index in [4.69, 9.17) is 11.0 Å². The summed E-state index contributed by atoms with van der Waals surface area (Å²) in [5, 5.41) is 23.7. The third-order valence-corrected chi connectivity index (χ3v) is 6.71. The maximum atomic E-state index is 12.8.